The zero-order valence-electron chi connectivity index (χ0n) is 14.2. The van der Waals surface area contributed by atoms with E-state index in [1.165, 1.54) is 0 Å². The SMILES string of the molecule is C=C(C)NC(C(CC)CC)[C@H]1[C@H](O)[C@@H](C(=O)O)C[C@H]1N=C(N)N. The van der Waals surface area contributed by atoms with Crippen LogP contribution in [0.3, 0.4) is 0 Å². The van der Waals surface area contributed by atoms with Crippen LogP contribution in [-0.4, -0.2) is 40.3 Å². The van der Waals surface area contributed by atoms with E-state index in [1.54, 1.807) is 0 Å². The van der Waals surface area contributed by atoms with Gasteiger partial charge in [-0.3, -0.25) is 4.79 Å². The van der Waals surface area contributed by atoms with Crippen molar-refractivity contribution in [3.8, 4) is 0 Å². The molecule has 0 aliphatic heterocycles. The predicted molar refractivity (Wildman–Crippen MR) is 90.6 cm³/mol. The lowest BCUT2D eigenvalue weighted by Crippen LogP contribution is -2.48. The fraction of sp³-hybridized carbons (Fsp3) is 0.750. The average molecular weight is 326 g/mol. The van der Waals surface area contributed by atoms with Gasteiger partial charge in [-0.2, -0.15) is 0 Å². The van der Waals surface area contributed by atoms with Gasteiger partial charge in [0.15, 0.2) is 5.96 Å². The first-order chi connectivity index (χ1) is 10.7. The number of guanidine groups is 1. The maximum Gasteiger partial charge on any atom is 0.309 e. The fourth-order valence-electron chi connectivity index (χ4n) is 3.69. The standard InChI is InChI=1S/C16H30N4O3/c1-5-9(6-2)13(19-8(3)4)12-11(20-16(17)18)7-10(14(12)21)15(22)23/h9-14,19,21H,3,5-7H2,1-2,4H3,(H,22,23)(H4,17,18,20)/t10-,11+,12-,13?,14+/m0/s1. The Balaban J connectivity index is 3.23. The van der Waals surface area contributed by atoms with E-state index in [2.05, 4.69) is 30.7 Å². The molecular formula is C16H30N4O3. The van der Waals surface area contributed by atoms with E-state index in [0.717, 1.165) is 18.5 Å². The zero-order chi connectivity index (χ0) is 17.7. The predicted octanol–water partition coefficient (Wildman–Crippen LogP) is 0.638. The summed E-state index contributed by atoms with van der Waals surface area (Å²) in [5.41, 5.74) is 11.8. The summed E-state index contributed by atoms with van der Waals surface area (Å²) in [4.78, 5) is 15.6. The number of allylic oxidation sites excluding steroid dienone is 1. The third-order valence-corrected chi connectivity index (χ3v) is 4.76. The zero-order valence-corrected chi connectivity index (χ0v) is 14.2. The van der Waals surface area contributed by atoms with Crippen LogP contribution in [0.25, 0.3) is 0 Å². The van der Waals surface area contributed by atoms with Crippen molar-refractivity contribution in [2.45, 2.75) is 58.2 Å². The molecule has 7 nitrogen and oxygen atoms in total. The van der Waals surface area contributed by atoms with Crippen LogP contribution in [-0.2, 0) is 4.79 Å². The van der Waals surface area contributed by atoms with Gasteiger partial charge in [-0.25, -0.2) is 4.99 Å². The number of carbonyl (C=O) groups is 1. The van der Waals surface area contributed by atoms with Crippen molar-refractivity contribution < 1.29 is 15.0 Å². The lowest BCUT2D eigenvalue weighted by molar-refractivity contribution is -0.145. The van der Waals surface area contributed by atoms with Gasteiger partial charge < -0.3 is 27.0 Å². The topological polar surface area (TPSA) is 134 Å². The Hall–Kier alpha value is -1.76. The van der Waals surface area contributed by atoms with Gasteiger partial charge in [0.05, 0.1) is 18.1 Å². The summed E-state index contributed by atoms with van der Waals surface area (Å²) in [7, 11) is 0. The molecule has 0 radical (unpaired) electrons. The number of nitrogens with zero attached hydrogens (tertiary/aromatic N) is 1. The molecular weight excluding hydrogens is 296 g/mol. The number of aliphatic hydroxyl groups excluding tert-OH is 1. The number of aliphatic carboxylic acids is 1. The largest absolute Gasteiger partial charge is 0.481 e. The molecule has 1 rings (SSSR count). The Morgan fingerprint density at radius 2 is 1.96 bits per heavy atom. The fourth-order valence-corrected chi connectivity index (χ4v) is 3.69. The Morgan fingerprint density at radius 3 is 2.35 bits per heavy atom. The van der Waals surface area contributed by atoms with E-state index in [9.17, 15) is 15.0 Å². The van der Waals surface area contributed by atoms with E-state index in [-0.39, 0.29) is 30.3 Å². The summed E-state index contributed by atoms with van der Waals surface area (Å²) in [5, 5.41) is 23.3. The average Bonchev–Trinajstić information content (AvgIpc) is 2.74. The third kappa shape index (κ3) is 4.60. The van der Waals surface area contributed by atoms with Gasteiger partial charge >= 0.3 is 5.97 Å². The van der Waals surface area contributed by atoms with Crippen molar-refractivity contribution in [2.75, 3.05) is 0 Å². The van der Waals surface area contributed by atoms with Crippen molar-refractivity contribution in [1.29, 1.82) is 0 Å². The molecule has 0 amide bonds. The lowest BCUT2D eigenvalue weighted by atomic mass is 9.80. The van der Waals surface area contributed by atoms with E-state index >= 15 is 0 Å². The summed E-state index contributed by atoms with van der Waals surface area (Å²) in [5.74, 6) is -2.08. The van der Waals surface area contributed by atoms with Crippen molar-refractivity contribution >= 4 is 11.9 Å². The highest BCUT2D eigenvalue weighted by molar-refractivity contribution is 5.76. The Morgan fingerprint density at radius 1 is 1.39 bits per heavy atom. The molecule has 1 unspecified atom stereocenters. The van der Waals surface area contributed by atoms with Gasteiger partial charge in [-0.15, -0.1) is 0 Å². The van der Waals surface area contributed by atoms with Gasteiger partial charge in [0.25, 0.3) is 0 Å². The van der Waals surface area contributed by atoms with E-state index in [1.807, 2.05) is 6.92 Å². The summed E-state index contributed by atoms with van der Waals surface area (Å²) in [6.45, 7) is 9.89. The Kier molecular flexibility index (Phi) is 6.87. The van der Waals surface area contributed by atoms with Crippen LogP contribution in [0, 0.1) is 17.8 Å². The number of rotatable bonds is 8. The van der Waals surface area contributed by atoms with Gasteiger partial charge in [0.1, 0.15) is 0 Å². The maximum atomic E-state index is 11.4. The number of nitrogens with one attached hydrogen (secondary N) is 1. The summed E-state index contributed by atoms with van der Waals surface area (Å²) in [6, 6.07) is -0.552. The minimum Gasteiger partial charge on any atom is -0.481 e. The molecule has 1 aliphatic carbocycles. The Bertz CT molecular complexity index is 458. The molecule has 5 atom stereocenters. The van der Waals surface area contributed by atoms with E-state index < -0.39 is 24.0 Å². The smallest absolute Gasteiger partial charge is 0.309 e. The quantitative estimate of drug-likeness (QED) is 0.328. The molecule has 7 N–H and O–H groups in total. The van der Waals surface area contributed by atoms with Gasteiger partial charge in [-0.05, 0) is 19.3 Å². The molecule has 0 spiro atoms. The number of carboxylic acid groups (broad SMARTS) is 1. The highest BCUT2D eigenvalue weighted by atomic mass is 16.4. The second-order valence-electron chi connectivity index (χ2n) is 6.40. The molecule has 0 aromatic carbocycles. The molecule has 132 valence electrons. The molecule has 1 fully saturated rings. The second kappa shape index (κ2) is 8.19. The van der Waals surface area contributed by atoms with E-state index in [0.29, 0.717) is 0 Å². The van der Waals surface area contributed by atoms with Crippen LogP contribution in [0.5, 0.6) is 0 Å². The van der Waals surface area contributed by atoms with Crippen LogP contribution >= 0.6 is 0 Å². The normalized spacial score (nSPS) is 28.4. The van der Waals surface area contributed by atoms with Crippen LogP contribution in [0.15, 0.2) is 17.3 Å². The first-order valence-corrected chi connectivity index (χ1v) is 8.14. The van der Waals surface area contributed by atoms with Crippen LogP contribution in [0.4, 0.5) is 0 Å². The number of aliphatic hydroxyl groups is 1. The highest BCUT2D eigenvalue weighted by Crippen LogP contribution is 2.39. The molecule has 0 heterocycles. The van der Waals surface area contributed by atoms with Crippen molar-refractivity contribution in [1.82, 2.24) is 5.32 Å². The van der Waals surface area contributed by atoms with Crippen LogP contribution in [0.2, 0.25) is 0 Å². The van der Waals surface area contributed by atoms with Crippen molar-refractivity contribution in [3.05, 3.63) is 12.3 Å². The molecule has 23 heavy (non-hydrogen) atoms. The second-order valence-corrected chi connectivity index (χ2v) is 6.40. The van der Waals surface area contributed by atoms with Crippen molar-refractivity contribution in [3.63, 3.8) is 0 Å². The molecule has 0 bridgehead atoms. The summed E-state index contributed by atoms with van der Waals surface area (Å²) >= 11 is 0. The van der Waals surface area contributed by atoms with Gasteiger partial charge in [0, 0.05) is 17.7 Å². The number of aliphatic imine (C=N–C) groups is 1. The first kappa shape index (κ1) is 19.3. The van der Waals surface area contributed by atoms with Gasteiger partial charge in [-0.1, -0.05) is 33.3 Å². The molecule has 0 aromatic heterocycles. The first-order valence-electron chi connectivity index (χ1n) is 8.14. The monoisotopic (exact) mass is 326 g/mol. The number of hydrogen-bond donors (Lipinski definition) is 5. The minimum atomic E-state index is -1.02. The molecule has 0 saturated heterocycles. The maximum absolute atomic E-state index is 11.4. The lowest BCUT2D eigenvalue weighted by Gasteiger charge is -2.36. The number of carboxylic acids is 1. The highest BCUT2D eigenvalue weighted by Gasteiger charge is 2.50. The molecule has 1 aliphatic rings. The summed E-state index contributed by atoms with van der Waals surface area (Å²) in [6.07, 6.45) is 1.03. The minimum absolute atomic E-state index is 0.0862. The van der Waals surface area contributed by atoms with Crippen LogP contribution < -0.4 is 16.8 Å². The molecule has 7 heteroatoms. The molecule has 1 saturated carbocycles. The number of nitrogens with two attached hydrogens (primary N) is 2. The van der Waals surface area contributed by atoms with Crippen molar-refractivity contribution in [2.24, 2.45) is 34.2 Å². The third-order valence-electron chi connectivity index (χ3n) is 4.76. The Labute approximate surface area is 137 Å². The summed E-state index contributed by atoms with van der Waals surface area (Å²) < 4.78 is 0. The number of hydrogen-bond acceptors (Lipinski definition) is 4. The van der Waals surface area contributed by atoms with Gasteiger partial charge in [0.2, 0.25) is 0 Å². The molecule has 0 aromatic rings. The van der Waals surface area contributed by atoms with Crippen LogP contribution in [0.1, 0.15) is 40.0 Å². The van der Waals surface area contributed by atoms with E-state index in [4.69, 9.17) is 11.5 Å².